The minimum atomic E-state index is -0.433. The van der Waals surface area contributed by atoms with E-state index in [9.17, 15) is 14.4 Å². The Morgan fingerprint density at radius 1 is 0.771 bits per heavy atom. The van der Waals surface area contributed by atoms with Crippen molar-refractivity contribution in [3.63, 3.8) is 0 Å². The maximum Gasteiger partial charge on any atom is 0.311 e. The van der Waals surface area contributed by atoms with E-state index in [1.54, 1.807) is 24.3 Å². The van der Waals surface area contributed by atoms with E-state index in [2.05, 4.69) is 31.2 Å². The lowest BCUT2D eigenvalue weighted by molar-refractivity contribution is -0.134. The van der Waals surface area contributed by atoms with Gasteiger partial charge in [0.05, 0.1) is 17.5 Å². The zero-order chi connectivity index (χ0) is 24.1. The van der Waals surface area contributed by atoms with Crippen LogP contribution in [0, 0.1) is 11.8 Å². The summed E-state index contributed by atoms with van der Waals surface area (Å²) in [5, 5.41) is 0. The standard InChI is InChI=1S/C30H27NO4/c1-2-3-4-16-24(32)35-19-11-9-10-18(17-19)31-29(33)27-25-20-12-5-6-13-21(20)26(28(27)30(31)34)23-15-8-7-14-22(23)25/h5-15,17,25-28H,2-4,16H2,1H3. The van der Waals surface area contributed by atoms with Gasteiger partial charge in [-0.15, -0.1) is 0 Å². The summed E-state index contributed by atoms with van der Waals surface area (Å²) in [6, 6.07) is 23.2. The van der Waals surface area contributed by atoms with Crippen molar-refractivity contribution in [3.05, 3.63) is 95.1 Å². The summed E-state index contributed by atoms with van der Waals surface area (Å²) in [4.78, 5) is 41.3. The first kappa shape index (κ1) is 21.8. The number of rotatable bonds is 6. The molecule has 3 aromatic rings. The monoisotopic (exact) mass is 465 g/mol. The Kier molecular flexibility index (Phi) is 5.28. The number of imide groups is 1. The molecule has 5 nitrogen and oxygen atoms in total. The van der Waals surface area contributed by atoms with Crippen molar-refractivity contribution in [2.24, 2.45) is 11.8 Å². The first-order valence-electron chi connectivity index (χ1n) is 12.5. The molecule has 4 aliphatic rings. The Morgan fingerprint density at radius 3 is 1.83 bits per heavy atom. The Bertz CT molecular complexity index is 1230. The average molecular weight is 466 g/mol. The van der Waals surface area contributed by atoms with Crippen LogP contribution in [0.1, 0.15) is 66.7 Å². The SMILES string of the molecule is CCCCCC(=O)Oc1cccc(N2C(=O)C3C4c5ccccc5C(c5ccccc54)C3C2=O)c1. The molecule has 176 valence electrons. The van der Waals surface area contributed by atoms with Gasteiger partial charge in [0, 0.05) is 24.3 Å². The summed E-state index contributed by atoms with van der Waals surface area (Å²) < 4.78 is 5.52. The fourth-order valence-electron chi connectivity index (χ4n) is 6.32. The van der Waals surface area contributed by atoms with Crippen LogP contribution in [0.2, 0.25) is 0 Å². The molecule has 1 saturated heterocycles. The highest BCUT2D eigenvalue weighted by Gasteiger charge is 2.61. The second-order valence-corrected chi connectivity index (χ2v) is 9.71. The number of hydrogen-bond donors (Lipinski definition) is 0. The molecule has 2 atom stereocenters. The van der Waals surface area contributed by atoms with Crippen molar-refractivity contribution in [2.75, 3.05) is 4.90 Å². The van der Waals surface area contributed by atoms with E-state index in [-0.39, 0.29) is 29.6 Å². The molecule has 2 bridgehead atoms. The van der Waals surface area contributed by atoms with E-state index < -0.39 is 11.8 Å². The van der Waals surface area contributed by atoms with Gasteiger partial charge in [-0.1, -0.05) is 74.4 Å². The van der Waals surface area contributed by atoms with Gasteiger partial charge < -0.3 is 4.74 Å². The lowest BCUT2D eigenvalue weighted by atomic mass is 9.55. The van der Waals surface area contributed by atoms with Crippen LogP contribution in [0.3, 0.4) is 0 Å². The van der Waals surface area contributed by atoms with Crippen molar-refractivity contribution in [3.8, 4) is 5.75 Å². The molecule has 0 radical (unpaired) electrons. The molecular weight excluding hydrogens is 438 g/mol. The molecule has 0 N–H and O–H groups in total. The lowest BCUT2D eigenvalue weighted by Crippen LogP contribution is -2.41. The number of ether oxygens (including phenoxy) is 1. The van der Waals surface area contributed by atoms with E-state index in [1.807, 2.05) is 24.3 Å². The van der Waals surface area contributed by atoms with Gasteiger partial charge in [0.1, 0.15) is 5.75 Å². The van der Waals surface area contributed by atoms with Crippen molar-refractivity contribution in [1.29, 1.82) is 0 Å². The highest BCUT2D eigenvalue weighted by atomic mass is 16.5. The van der Waals surface area contributed by atoms with Gasteiger partial charge in [-0.3, -0.25) is 14.4 Å². The van der Waals surface area contributed by atoms with Crippen LogP contribution in [0.4, 0.5) is 5.69 Å². The smallest absolute Gasteiger partial charge is 0.311 e. The first-order valence-corrected chi connectivity index (χ1v) is 12.5. The molecule has 1 aliphatic heterocycles. The molecule has 2 unspecified atom stereocenters. The van der Waals surface area contributed by atoms with Gasteiger partial charge in [-0.25, -0.2) is 4.90 Å². The fraction of sp³-hybridized carbons (Fsp3) is 0.300. The molecule has 0 spiro atoms. The molecule has 5 heteroatoms. The molecular formula is C30H27NO4. The maximum atomic E-state index is 13.9. The van der Waals surface area contributed by atoms with E-state index in [0.29, 0.717) is 17.9 Å². The fourth-order valence-corrected chi connectivity index (χ4v) is 6.32. The second kappa shape index (κ2) is 8.49. The third-order valence-electron chi connectivity index (χ3n) is 7.74. The van der Waals surface area contributed by atoms with E-state index in [1.165, 1.54) is 4.90 Å². The third-order valence-corrected chi connectivity index (χ3v) is 7.74. The maximum absolute atomic E-state index is 13.9. The molecule has 3 aliphatic carbocycles. The molecule has 0 aromatic heterocycles. The highest BCUT2D eigenvalue weighted by molar-refractivity contribution is 6.23. The van der Waals surface area contributed by atoms with Crippen molar-refractivity contribution in [1.82, 2.24) is 0 Å². The molecule has 35 heavy (non-hydrogen) atoms. The Hall–Kier alpha value is -3.73. The highest BCUT2D eigenvalue weighted by Crippen LogP contribution is 2.61. The Labute approximate surface area is 204 Å². The van der Waals surface area contributed by atoms with Gasteiger partial charge in [0.2, 0.25) is 11.8 Å². The number of carbonyl (C=O) groups excluding carboxylic acids is 3. The number of amides is 2. The van der Waals surface area contributed by atoms with Crippen LogP contribution >= 0.6 is 0 Å². The van der Waals surface area contributed by atoms with Gasteiger partial charge in [-0.05, 0) is 40.8 Å². The molecule has 1 fully saturated rings. The summed E-state index contributed by atoms with van der Waals surface area (Å²) in [7, 11) is 0. The number of carbonyl (C=O) groups is 3. The van der Waals surface area contributed by atoms with Crippen molar-refractivity contribution < 1.29 is 19.1 Å². The summed E-state index contributed by atoms with van der Waals surface area (Å²) in [6.07, 6.45) is 3.14. The van der Waals surface area contributed by atoms with E-state index >= 15 is 0 Å². The van der Waals surface area contributed by atoms with Crippen LogP contribution in [-0.2, 0) is 14.4 Å². The largest absolute Gasteiger partial charge is 0.426 e. The minimum absolute atomic E-state index is 0.140. The van der Waals surface area contributed by atoms with Crippen LogP contribution in [0.25, 0.3) is 0 Å². The lowest BCUT2D eigenvalue weighted by Gasteiger charge is -2.45. The first-order chi connectivity index (χ1) is 17.1. The van der Waals surface area contributed by atoms with Crippen LogP contribution < -0.4 is 9.64 Å². The Morgan fingerprint density at radius 2 is 1.31 bits per heavy atom. The number of hydrogen-bond acceptors (Lipinski definition) is 4. The minimum Gasteiger partial charge on any atom is -0.426 e. The summed E-state index contributed by atoms with van der Waals surface area (Å²) in [5.74, 6) is -1.44. The predicted molar refractivity (Wildman–Crippen MR) is 132 cm³/mol. The van der Waals surface area contributed by atoms with Gasteiger partial charge in [0.15, 0.2) is 0 Å². The topological polar surface area (TPSA) is 63.7 Å². The average Bonchev–Trinajstić information content (AvgIpc) is 3.15. The number of unbranched alkanes of at least 4 members (excludes halogenated alkanes) is 2. The number of benzene rings is 3. The number of nitrogens with zero attached hydrogens (tertiary/aromatic N) is 1. The molecule has 1 heterocycles. The number of anilines is 1. The zero-order valence-corrected chi connectivity index (χ0v) is 19.6. The summed E-state index contributed by atoms with van der Waals surface area (Å²) in [6.45, 7) is 2.08. The van der Waals surface area contributed by atoms with Crippen LogP contribution in [-0.4, -0.2) is 17.8 Å². The van der Waals surface area contributed by atoms with Gasteiger partial charge in [-0.2, -0.15) is 0 Å². The third kappa shape index (κ3) is 3.33. The summed E-state index contributed by atoms with van der Waals surface area (Å²) in [5.41, 5.74) is 5.05. The van der Waals surface area contributed by atoms with Gasteiger partial charge in [0.25, 0.3) is 0 Å². The Balaban J connectivity index is 1.35. The molecule has 2 amide bonds. The quantitative estimate of drug-likeness (QED) is 0.207. The summed E-state index contributed by atoms with van der Waals surface area (Å²) >= 11 is 0. The predicted octanol–water partition coefficient (Wildman–Crippen LogP) is 5.57. The molecule has 3 aromatic carbocycles. The second-order valence-electron chi connectivity index (χ2n) is 9.71. The zero-order valence-electron chi connectivity index (χ0n) is 19.6. The normalized spacial score (nSPS) is 23.6. The van der Waals surface area contributed by atoms with Crippen molar-refractivity contribution in [2.45, 2.75) is 44.4 Å². The van der Waals surface area contributed by atoms with Crippen LogP contribution in [0.5, 0.6) is 5.75 Å². The molecule has 7 rings (SSSR count). The number of esters is 1. The van der Waals surface area contributed by atoms with Crippen LogP contribution in [0.15, 0.2) is 72.8 Å². The van der Waals surface area contributed by atoms with Crippen molar-refractivity contribution >= 4 is 23.5 Å². The molecule has 0 saturated carbocycles. The van der Waals surface area contributed by atoms with Gasteiger partial charge >= 0.3 is 5.97 Å². The van der Waals surface area contributed by atoms with E-state index in [4.69, 9.17) is 4.74 Å². The van der Waals surface area contributed by atoms with E-state index in [0.717, 1.165) is 41.5 Å².